The van der Waals surface area contributed by atoms with E-state index in [1.165, 1.54) is 77.0 Å². The summed E-state index contributed by atoms with van der Waals surface area (Å²) < 4.78 is 0. The summed E-state index contributed by atoms with van der Waals surface area (Å²) in [6, 6.07) is 0. The fraction of sp³-hybridized carbons (Fsp3) is 0.920. The van der Waals surface area contributed by atoms with Crippen LogP contribution in [-0.4, -0.2) is 47.8 Å². The van der Waals surface area contributed by atoms with Gasteiger partial charge < -0.3 is 9.80 Å². The molecule has 4 nitrogen and oxygen atoms in total. The van der Waals surface area contributed by atoms with Crippen molar-refractivity contribution in [2.75, 3.05) is 26.2 Å². The molecular formula is C25H40N2O2. The second kappa shape index (κ2) is 8.59. The predicted molar refractivity (Wildman–Crippen MR) is 114 cm³/mol. The highest BCUT2D eigenvalue weighted by Gasteiger charge is 2.44. The minimum Gasteiger partial charge on any atom is -0.341 e. The summed E-state index contributed by atoms with van der Waals surface area (Å²) in [6.07, 6.45) is 16.3. The van der Waals surface area contributed by atoms with Crippen LogP contribution in [0.5, 0.6) is 0 Å². The minimum absolute atomic E-state index is 0.289. The van der Waals surface area contributed by atoms with Crippen molar-refractivity contribution >= 4 is 11.8 Å². The molecule has 2 amide bonds. The van der Waals surface area contributed by atoms with Gasteiger partial charge in [0.05, 0.1) is 0 Å². The largest absolute Gasteiger partial charge is 0.341 e. The number of carbonyl (C=O) groups is 2. The summed E-state index contributed by atoms with van der Waals surface area (Å²) >= 11 is 0. The van der Waals surface area contributed by atoms with Gasteiger partial charge in [-0.15, -0.1) is 0 Å². The van der Waals surface area contributed by atoms with Crippen molar-refractivity contribution in [2.45, 2.75) is 83.5 Å². The van der Waals surface area contributed by atoms with Crippen LogP contribution in [0.3, 0.4) is 0 Å². The number of hydrogen-bond donors (Lipinski definition) is 0. The highest BCUT2D eigenvalue weighted by Crippen LogP contribution is 2.46. The zero-order chi connectivity index (χ0) is 19.8. The highest BCUT2D eigenvalue weighted by atomic mass is 16.2. The van der Waals surface area contributed by atoms with E-state index in [1.807, 2.05) is 0 Å². The molecule has 0 radical (unpaired) electrons. The van der Waals surface area contributed by atoms with Gasteiger partial charge in [0.15, 0.2) is 0 Å². The number of rotatable bonds is 6. The van der Waals surface area contributed by atoms with E-state index in [1.54, 1.807) is 0 Å². The maximum Gasteiger partial charge on any atom is 0.226 e. The third-order valence-electron chi connectivity index (χ3n) is 9.32. The molecule has 29 heavy (non-hydrogen) atoms. The lowest BCUT2D eigenvalue weighted by molar-refractivity contribution is -0.145. The molecule has 4 saturated carbocycles. The molecule has 0 unspecified atom stereocenters. The Morgan fingerprint density at radius 2 is 0.793 bits per heavy atom. The summed E-state index contributed by atoms with van der Waals surface area (Å²) in [5, 5.41) is 0. The predicted octanol–water partition coefficient (Wildman–Crippen LogP) is 4.48. The molecule has 0 aromatic heterocycles. The molecule has 4 aliphatic carbocycles. The molecule has 4 heteroatoms. The average Bonchev–Trinajstić information content (AvgIpc) is 2.79. The van der Waals surface area contributed by atoms with Crippen molar-refractivity contribution in [3.05, 3.63) is 0 Å². The molecule has 0 aromatic rings. The van der Waals surface area contributed by atoms with Crippen molar-refractivity contribution in [2.24, 2.45) is 35.5 Å². The summed E-state index contributed by atoms with van der Waals surface area (Å²) in [6.45, 7) is 3.25. The zero-order valence-corrected chi connectivity index (χ0v) is 18.2. The topological polar surface area (TPSA) is 40.6 Å². The van der Waals surface area contributed by atoms with Crippen LogP contribution in [0.1, 0.15) is 83.5 Å². The smallest absolute Gasteiger partial charge is 0.226 e. The van der Waals surface area contributed by atoms with E-state index in [0.29, 0.717) is 35.5 Å². The van der Waals surface area contributed by atoms with E-state index in [9.17, 15) is 9.59 Å². The Balaban J connectivity index is 1.21. The lowest BCUT2D eigenvalue weighted by Gasteiger charge is -2.44. The molecule has 162 valence electrons. The van der Waals surface area contributed by atoms with Crippen molar-refractivity contribution in [1.29, 1.82) is 0 Å². The van der Waals surface area contributed by atoms with Crippen LogP contribution in [0.4, 0.5) is 0 Å². The van der Waals surface area contributed by atoms with Gasteiger partial charge >= 0.3 is 0 Å². The van der Waals surface area contributed by atoms with Gasteiger partial charge in [-0.1, -0.05) is 25.7 Å². The number of nitrogens with zero attached hydrogens (tertiary/aromatic N) is 2. The third-order valence-corrected chi connectivity index (χ3v) is 9.32. The summed E-state index contributed by atoms with van der Waals surface area (Å²) in [7, 11) is 0. The lowest BCUT2D eigenvalue weighted by Crippen LogP contribution is -2.48. The van der Waals surface area contributed by atoms with Gasteiger partial charge in [-0.3, -0.25) is 9.59 Å². The molecule has 1 heterocycles. The fourth-order valence-corrected chi connectivity index (χ4v) is 6.55. The van der Waals surface area contributed by atoms with Gasteiger partial charge in [-0.2, -0.15) is 0 Å². The molecule has 0 bridgehead atoms. The van der Waals surface area contributed by atoms with Gasteiger partial charge in [-0.05, 0) is 81.5 Å². The van der Waals surface area contributed by atoms with E-state index in [4.69, 9.17) is 0 Å². The Bertz CT molecular complexity index is 524. The second-order valence-corrected chi connectivity index (χ2v) is 10.8. The normalized spacial score (nSPS) is 27.2. The Morgan fingerprint density at radius 3 is 1.03 bits per heavy atom. The first kappa shape index (κ1) is 19.9. The average molecular weight is 401 g/mol. The maximum atomic E-state index is 13.5. The van der Waals surface area contributed by atoms with Gasteiger partial charge in [0.25, 0.3) is 0 Å². The Morgan fingerprint density at radius 1 is 0.483 bits per heavy atom. The van der Waals surface area contributed by atoms with Crippen LogP contribution in [0.25, 0.3) is 0 Å². The van der Waals surface area contributed by atoms with Crippen LogP contribution in [0.15, 0.2) is 0 Å². The second-order valence-electron chi connectivity index (χ2n) is 10.8. The first-order valence-electron chi connectivity index (χ1n) is 12.8. The molecule has 0 spiro atoms. The monoisotopic (exact) mass is 400 g/mol. The summed E-state index contributed by atoms with van der Waals surface area (Å²) in [5.41, 5.74) is 0. The van der Waals surface area contributed by atoms with Crippen LogP contribution in [-0.2, 0) is 9.59 Å². The van der Waals surface area contributed by atoms with Gasteiger partial charge in [0, 0.05) is 38.0 Å². The van der Waals surface area contributed by atoms with E-state index in [-0.39, 0.29) is 11.8 Å². The number of amides is 2. The van der Waals surface area contributed by atoms with E-state index < -0.39 is 0 Å². The van der Waals surface area contributed by atoms with E-state index in [2.05, 4.69) is 9.80 Å². The van der Waals surface area contributed by atoms with Gasteiger partial charge in [0.2, 0.25) is 11.8 Å². The lowest BCUT2D eigenvalue weighted by atomic mass is 9.64. The van der Waals surface area contributed by atoms with E-state index >= 15 is 0 Å². The SMILES string of the molecule is O=C(C(C1CCC1)C1CCC1)N1CCCN(C(=O)C(C2CCC2)C2CCC2)CC1. The maximum absolute atomic E-state index is 13.5. The summed E-state index contributed by atoms with van der Waals surface area (Å²) in [5.74, 6) is 4.04. The van der Waals surface area contributed by atoms with E-state index in [0.717, 1.165) is 32.6 Å². The number of carbonyl (C=O) groups excluding carboxylic acids is 2. The van der Waals surface area contributed by atoms with Crippen LogP contribution < -0.4 is 0 Å². The molecule has 5 fully saturated rings. The standard InChI is InChI=1S/C25H40N2O2/c28-24(22(18-6-1-7-18)19-8-2-9-19)26-14-5-15-27(17-16-26)25(29)23(20-10-3-11-20)21-12-4-13-21/h18-23H,1-17H2. The van der Waals surface area contributed by atoms with Crippen LogP contribution >= 0.6 is 0 Å². The Kier molecular flexibility index (Phi) is 5.89. The molecule has 1 aliphatic heterocycles. The molecular weight excluding hydrogens is 360 g/mol. The summed E-state index contributed by atoms with van der Waals surface area (Å²) in [4.78, 5) is 31.3. The molecule has 5 rings (SSSR count). The van der Waals surface area contributed by atoms with Gasteiger partial charge in [0.1, 0.15) is 0 Å². The van der Waals surface area contributed by atoms with Crippen molar-refractivity contribution < 1.29 is 9.59 Å². The fourth-order valence-electron chi connectivity index (χ4n) is 6.55. The first-order valence-corrected chi connectivity index (χ1v) is 12.8. The van der Waals surface area contributed by atoms with Crippen molar-refractivity contribution in [3.8, 4) is 0 Å². The zero-order valence-electron chi connectivity index (χ0n) is 18.2. The van der Waals surface area contributed by atoms with Crippen molar-refractivity contribution in [3.63, 3.8) is 0 Å². The minimum atomic E-state index is 0.289. The Labute approximate surface area is 176 Å². The molecule has 0 atom stereocenters. The quantitative estimate of drug-likeness (QED) is 0.659. The molecule has 5 aliphatic rings. The van der Waals surface area contributed by atoms with Crippen LogP contribution in [0.2, 0.25) is 0 Å². The van der Waals surface area contributed by atoms with Crippen molar-refractivity contribution in [1.82, 2.24) is 9.80 Å². The third kappa shape index (κ3) is 3.85. The number of hydrogen-bond acceptors (Lipinski definition) is 2. The van der Waals surface area contributed by atoms with Crippen LogP contribution in [0, 0.1) is 35.5 Å². The molecule has 1 saturated heterocycles. The molecule has 0 aromatic carbocycles. The van der Waals surface area contributed by atoms with Gasteiger partial charge in [-0.25, -0.2) is 0 Å². The Hall–Kier alpha value is -1.06. The highest BCUT2D eigenvalue weighted by molar-refractivity contribution is 5.81. The first-order chi connectivity index (χ1) is 14.2. The molecule has 0 N–H and O–H groups in total.